The minimum Gasteiger partial charge on any atom is -0.331 e. The molecule has 3 rings (SSSR count). The number of benzene rings is 1. The second-order valence-electron chi connectivity index (χ2n) is 5.90. The first kappa shape index (κ1) is 14.6. The average Bonchev–Trinajstić information content (AvgIpc) is 2.91. The summed E-state index contributed by atoms with van der Waals surface area (Å²) < 4.78 is 1.63. The minimum absolute atomic E-state index is 0.0274. The Balaban J connectivity index is 1.65. The lowest BCUT2D eigenvalue weighted by molar-refractivity contribution is 0.249. The van der Waals surface area contributed by atoms with E-state index >= 15 is 0 Å². The molecular formula is C17H22N4O. The molecule has 0 aliphatic heterocycles. The van der Waals surface area contributed by atoms with E-state index < -0.39 is 0 Å². The van der Waals surface area contributed by atoms with Crippen molar-refractivity contribution in [1.29, 1.82) is 0 Å². The summed E-state index contributed by atoms with van der Waals surface area (Å²) >= 11 is 0. The van der Waals surface area contributed by atoms with Crippen molar-refractivity contribution in [3.63, 3.8) is 0 Å². The molecule has 2 aromatic rings. The van der Waals surface area contributed by atoms with Crippen LogP contribution < -0.4 is 10.6 Å². The highest BCUT2D eigenvalue weighted by molar-refractivity contribution is 5.88. The Bertz CT molecular complexity index is 677. The van der Waals surface area contributed by atoms with Crippen LogP contribution in [0.1, 0.15) is 42.5 Å². The summed E-state index contributed by atoms with van der Waals surface area (Å²) in [4.78, 5) is 12.1. The van der Waals surface area contributed by atoms with Crippen LogP contribution in [0.2, 0.25) is 0 Å². The van der Waals surface area contributed by atoms with Gasteiger partial charge in [-0.15, -0.1) is 0 Å². The van der Waals surface area contributed by atoms with Crippen LogP contribution in [-0.2, 0) is 19.9 Å². The third-order valence-electron chi connectivity index (χ3n) is 4.28. The standard InChI is InChI=1S/C17H22N4O/c1-12(19-17(22)20-16-9-10-18-21(16)2)14-8-7-13-5-3-4-6-15(13)11-14/h7-12H,3-6H2,1-2H3,(H2,19,20,22). The number of aryl methyl sites for hydroxylation is 3. The lowest BCUT2D eigenvalue weighted by Gasteiger charge is -2.20. The number of fused-ring (bicyclic) bond motifs is 1. The molecule has 1 aliphatic carbocycles. The molecule has 1 aliphatic rings. The van der Waals surface area contributed by atoms with Crippen LogP contribution in [-0.4, -0.2) is 15.8 Å². The van der Waals surface area contributed by atoms with Crippen LogP contribution in [0.25, 0.3) is 0 Å². The molecule has 0 bridgehead atoms. The Labute approximate surface area is 130 Å². The maximum absolute atomic E-state index is 12.1. The topological polar surface area (TPSA) is 59.0 Å². The Morgan fingerprint density at radius 3 is 2.73 bits per heavy atom. The molecule has 0 fully saturated rings. The molecule has 2 N–H and O–H groups in total. The largest absolute Gasteiger partial charge is 0.331 e. The van der Waals surface area contributed by atoms with Crippen molar-refractivity contribution in [3.8, 4) is 0 Å². The molecule has 0 radical (unpaired) electrons. The Hall–Kier alpha value is -2.30. The van der Waals surface area contributed by atoms with Gasteiger partial charge in [-0.1, -0.05) is 18.2 Å². The summed E-state index contributed by atoms with van der Waals surface area (Å²) in [6.07, 6.45) is 6.53. The van der Waals surface area contributed by atoms with Crippen LogP contribution >= 0.6 is 0 Å². The molecule has 116 valence electrons. The van der Waals surface area contributed by atoms with Crippen molar-refractivity contribution in [2.75, 3.05) is 5.32 Å². The van der Waals surface area contributed by atoms with Gasteiger partial charge in [0.2, 0.25) is 0 Å². The highest BCUT2D eigenvalue weighted by Crippen LogP contribution is 2.24. The van der Waals surface area contributed by atoms with Gasteiger partial charge in [-0.05, 0) is 49.3 Å². The fourth-order valence-corrected chi connectivity index (χ4v) is 2.95. The van der Waals surface area contributed by atoms with Crippen LogP contribution in [0, 0.1) is 0 Å². The fraction of sp³-hybridized carbons (Fsp3) is 0.412. The molecule has 1 aromatic carbocycles. The molecule has 5 heteroatoms. The smallest absolute Gasteiger partial charge is 0.320 e. The summed E-state index contributed by atoms with van der Waals surface area (Å²) in [5, 5.41) is 9.81. The molecule has 1 atom stereocenters. The first-order valence-electron chi connectivity index (χ1n) is 7.80. The summed E-state index contributed by atoms with van der Waals surface area (Å²) in [5.41, 5.74) is 4.05. The number of rotatable bonds is 3. The zero-order valence-electron chi connectivity index (χ0n) is 13.1. The Kier molecular flexibility index (Phi) is 4.13. The van der Waals surface area contributed by atoms with Crippen LogP contribution in [0.15, 0.2) is 30.5 Å². The van der Waals surface area contributed by atoms with Gasteiger partial charge in [0.05, 0.1) is 12.2 Å². The third kappa shape index (κ3) is 3.13. The fourth-order valence-electron chi connectivity index (χ4n) is 2.95. The Morgan fingerprint density at radius 2 is 2.00 bits per heavy atom. The van der Waals surface area contributed by atoms with Crippen molar-refractivity contribution in [1.82, 2.24) is 15.1 Å². The average molecular weight is 298 g/mol. The van der Waals surface area contributed by atoms with Gasteiger partial charge in [0.25, 0.3) is 0 Å². The van der Waals surface area contributed by atoms with E-state index in [1.54, 1.807) is 24.0 Å². The van der Waals surface area contributed by atoms with E-state index in [0.29, 0.717) is 5.82 Å². The zero-order valence-corrected chi connectivity index (χ0v) is 13.1. The number of carbonyl (C=O) groups is 1. The number of nitrogens with zero attached hydrogens (tertiary/aromatic N) is 2. The van der Waals surface area contributed by atoms with Gasteiger partial charge in [0, 0.05) is 13.1 Å². The van der Waals surface area contributed by atoms with Crippen molar-refractivity contribution in [3.05, 3.63) is 47.2 Å². The molecule has 2 amide bonds. The van der Waals surface area contributed by atoms with Gasteiger partial charge < -0.3 is 5.32 Å². The predicted octanol–water partition coefficient (Wildman–Crippen LogP) is 3.18. The quantitative estimate of drug-likeness (QED) is 0.914. The minimum atomic E-state index is -0.214. The van der Waals surface area contributed by atoms with E-state index in [9.17, 15) is 4.79 Å². The number of aromatic nitrogens is 2. The van der Waals surface area contributed by atoms with E-state index in [2.05, 4.69) is 33.9 Å². The number of anilines is 1. The van der Waals surface area contributed by atoms with E-state index in [0.717, 1.165) is 12.0 Å². The summed E-state index contributed by atoms with van der Waals surface area (Å²) in [5.74, 6) is 0.676. The van der Waals surface area contributed by atoms with Gasteiger partial charge >= 0.3 is 6.03 Å². The van der Waals surface area contributed by atoms with Crippen LogP contribution in [0.5, 0.6) is 0 Å². The molecule has 1 aromatic heterocycles. The number of amides is 2. The second-order valence-corrected chi connectivity index (χ2v) is 5.90. The number of hydrogen-bond donors (Lipinski definition) is 2. The maximum atomic E-state index is 12.1. The third-order valence-corrected chi connectivity index (χ3v) is 4.28. The van der Waals surface area contributed by atoms with Gasteiger partial charge in [-0.3, -0.25) is 10.00 Å². The summed E-state index contributed by atoms with van der Waals surface area (Å²) in [6.45, 7) is 2.01. The van der Waals surface area contributed by atoms with Gasteiger partial charge in [0.1, 0.15) is 5.82 Å². The molecular weight excluding hydrogens is 276 g/mol. The lowest BCUT2D eigenvalue weighted by Crippen LogP contribution is -2.32. The number of urea groups is 1. The number of hydrogen-bond acceptors (Lipinski definition) is 2. The SMILES string of the molecule is CC(NC(=O)Nc1ccnn1C)c1ccc2c(c1)CCCC2. The maximum Gasteiger partial charge on any atom is 0.320 e. The van der Waals surface area contributed by atoms with E-state index in [1.165, 1.54) is 30.4 Å². The van der Waals surface area contributed by atoms with Gasteiger partial charge in [-0.25, -0.2) is 4.79 Å². The summed E-state index contributed by atoms with van der Waals surface area (Å²) in [6, 6.07) is 8.10. The number of nitrogens with one attached hydrogen (secondary N) is 2. The molecule has 5 nitrogen and oxygen atoms in total. The van der Waals surface area contributed by atoms with Crippen LogP contribution in [0.4, 0.5) is 10.6 Å². The van der Waals surface area contributed by atoms with Crippen molar-refractivity contribution < 1.29 is 4.79 Å². The molecule has 1 heterocycles. The van der Waals surface area contributed by atoms with E-state index in [4.69, 9.17) is 0 Å². The highest BCUT2D eigenvalue weighted by atomic mass is 16.2. The van der Waals surface area contributed by atoms with E-state index in [-0.39, 0.29) is 12.1 Å². The molecule has 0 spiro atoms. The Morgan fingerprint density at radius 1 is 1.23 bits per heavy atom. The second kappa shape index (κ2) is 6.22. The predicted molar refractivity (Wildman–Crippen MR) is 86.9 cm³/mol. The van der Waals surface area contributed by atoms with Gasteiger partial charge in [-0.2, -0.15) is 5.10 Å². The first-order chi connectivity index (χ1) is 10.6. The normalized spacial score (nSPS) is 15.0. The van der Waals surface area contributed by atoms with Crippen LogP contribution in [0.3, 0.4) is 0 Å². The van der Waals surface area contributed by atoms with Crippen molar-refractivity contribution in [2.45, 2.75) is 38.6 Å². The van der Waals surface area contributed by atoms with Crippen molar-refractivity contribution >= 4 is 11.8 Å². The monoisotopic (exact) mass is 298 g/mol. The number of carbonyl (C=O) groups excluding carboxylic acids is 1. The highest BCUT2D eigenvalue weighted by Gasteiger charge is 2.14. The van der Waals surface area contributed by atoms with Crippen molar-refractivity contribution in [2.24, 2.45) is 7.05 Å². The molecule has 22 heavy (non-hydrogen) atoms. The first-order valence-corrected chi connectivity index (χ1v) is 7.80. The lowest BCUT2D eigenvalue weighted by atomic mass is 9.89. The zero-order chi connectivity index (χ0) is 15.5. The van der Waals surface area contributed by atoms with Gasteiger partial charge in [0.15, 0.2) is 0 Å². The molecule has 1 unspecified atom stereocenters. The van der Waals surface area contributed by atoms with E-state index in [1.807, 2.05) is 6.92 Å². The summed E-state index contributed by atoms with van der Waals surface area (Å²) in [7, 11) is 1.79. The molecule has 0 saturated carbocycles. The molecule has 0 saturated heterocycles.